The Hall–Kier alpha value is -3.58. The Morgan fingerprint density at radius 2 is 1.60 bits per heavy atom. The lowest BCUT2D eigenvalue weighted by Gasteiger charge is -2.41. The molecular weight excluding hydrogens is 661 g/mol. The second-order valence-electron chi connectivity index (χ2n) is 12.6. The minimum Gasteiger partial charge on any atom is -0.436 e. The molecule has 14 heteroatoms. The highest BCUT2D eigenvalue weighted by Gasteiger charge is 2.36. The average Bonchev–Trinajstić information content (AvgIpc) is 3.27. The number of anilines is 1. The molecule has 1 N–H and O–H groups in total. The number of piperazine rings is 1. The number of piperidine rings is 1. The second-order valence-corrected chi connectivity index (χ2v) is 13.4. The number of urea groups is 1. The van der Waals surface area contributed by atoms with Gasteiger partial charge in [0.1, 0.15) is 0 Å². The van der Waals surface area contributed by atoms with Crippen LogP contribution in [0.5, 0.6) is 5.75 Å². The number of carbonyl (C=O) groups is 4. The SMILES string of the molecule is O=COc1c(Cl)cc(C[C@@H](OC(=O)N2CCC(N3CCc4ccccc4NC3=O)CC2)C(=O)N2CCN(C3CCOCC3)CC2)cc1Cl. The van der Waals surface area contributed by atoms with Gasteiger partial charge in [-0.2, -0.15) is 0 Å². The minimum absolute atomic E-state index is 0.0195. The van der Waals surface area contributed by atoms with Crippen molar-refractivity contribution in [3.63, 3.8) is 0 Å². The highest BCUT2D eigenvalue weighted by molar-refractivity contribution is 6.37. The number of fused-ring (bicyclic) bond motifs is 1. The molecule has 48 heavy (non-hydrogen) atoms. The third kappa shape index (κ3) is 7.99. The van der Waals surface area contributed by atoms with Gasteiger partial charge in [-0.15, -0.1) is 0 Å². The Kier molecular flexibility index (Phi) is 11.3. The molecule has 258 valence electrons. The van der Waals surface area contributed by atoms with E-state index >= 15 is 0 Å². The molecule has 0 spiro atoms. The second kappa shape index (κ2) is 15.8. The van der Waals surface area contributed by atoms with Gasteiger partial charge in [0.05, 0.1) is 10.0 Å². The first-order chi connectivity index (χ1) is 23.3. The molecule has 2 aromatic rings. The van der Waals surface area contributed by atoms with Crippen LogP contribution >= 0.6 is 23.2 Å². The van der Waals surface area contributed by atoms with E-state index in [1.165, 1.54) is 0 Å². The van der Waals surface area contributed by atoms with Gasteiger partial charge in [0, 0.05) is 83.2 Å². The van der Waals surface area contributed by atoms with Gasteiger partial charge in [0.2, 0.25) is 0 Å². The van der Waals surface area contributed by atoms with Crippen molar-refractivity contribution in [2.75, 3.05) is 64.3 Å². The highest BCUT2D eigenvalue weighted by Crippen LogP contribution is 2.35. The first-order valence-electron chi connectivity index (χ1n) is 16.6. The van der Waals surface area contributed by atoms with E-state index in [0.717, 1.165) is 56.8 Å². The monoisotopic (exact) mass is 701 g/mol. The molecule has 4 aliphatic rings. The molecule has 0 bridgehead atoms. The molecule has 3 saturated heterocycles. The smallest absolute Gasteiger partial charge is 0.410 e. The van der Waals surface area contributed by atoms with Crippen molar-refractivity contribution < 1.29 is 33.4 Å². The summed E-state index contributed by atoms with van der Waals surface area (Å²) in [5, 5.41) is 3.24. The van der Waals surface area contributed by atoms with Crippen LogP contribution in [0.4, 0.5) is 15.3 Å². The molecule has 4 heterocycles. The number of amides is 4. The van der Waals surface area contributed by atoms with Gasteiger partial charge in [0.25, 0.3) is 12.4 Å². The van der Waals surface area contributed by atoms with Gasteiger partial charge in [0.15, 0.2) is 11.9 Å². The van der Waals surface area contributed by atoms with Gasteiger partial charge in [-0.05, 0) is 61.4 Å². The van der Waals surface area contributed by atoms with Gasteiger partial charge in [-0.1, -0.05) is 41.4 Å². The molecule has 4 amide bonds. The van der Waals surface area contributed by atoms with E-state index in [0.29, 0.717) is 57.2 Å². The van der Waals surface area contributed by atoms with E-state index in [2.05, 4.69) is 10.2 Å². The Morgan fingerprint density at radius 1 is 0.917 bits per heavy atom. The maximum absolute atomic E-state index is 14.0. The molecule has 3 fully saturated rings. The number of halogens is 2. The van der Waals surface area contributed by atoms with Crippen molar-refractivity contribution in [2.45, 2.75) is 56.7 Å². The van der Waals surface area contributed by atoms with Crippen molar-refractivity contribution in [2.24, 2.45) is 0 Å². The van der Waals surface area contributed by atoms with Crippen molar-refractivity contribution in [1.82, 2.24) is 19.6 Å². The molecule has 6 rings (SSSR count). The Balaban J connectivity index is 1.10. The standard InChI is InChI=1S/C34H41Cl2N5O7/c35-27-19-23(20-28(36)31(27)47-22-42)21-30(32(43)39-15-13-38(14-16-39)25-8-17-46-18-9-25)48-34(45)40-10-6-26(7-11-40)41-12-5-24-3-1-2-4-29(24)37-33(41)44/h1-4,19-20,22,25-26,30H,5-18,21H2,(H,37,44)/t30-/m1/s1. The van der Waals surface area contributed by atoms with Crippen molar-refractivity contribution in [3.05, 3.63) is 57.6 Å². The van der Waals surface area contributed by atoms with E-state index in [4.69, 9.17) is 37.4 Å². The minimum atomic E-state index is -1.12. The fraction of sp³-hybridized carbons (Fsp3) is 0.529. The fourth-order valence-electron chi connectivity index (χ4n) is 7.14. The number of carbonyl (C=O) groups excluding carboxylic acids is 4. The normalized spacial score (nSPS) is 20.4. The quantitative estimate of drug-likeness (QED) is 0.401. The van der Waals surface area contributed by atoms with E-state index in [1.807, 2.05) is 29.2 Å². The number of ether oxygens (including phenoxy) is 3. The van der Waals surface area contributed by atoms with Crippen LogP contribution in [0, 0.1) is 0 Å². The predicted octanol–water partition coefficient (Wildman–Crippen LogP) is 4.45. The molecular formula is C34H41Cl2N5O7. The van der Waals surface area contributed by atoms with Crippen LogP contribution in [0.3, 0.4) is 0 Å². The summed E-state index contributed by atoms with van der Waals surface area (Å²) in [5.74, 6) is -0.267. The highest BCUT2D eigenvalue weighted by atomic mass is 35.5. The topological polar surface area (TPSA) is 121 Å². The summed E-state index contributed by atoms with van der Waals surface area (Å²) in [6.07, 6.45) is 2.22. The maximum Gasteiger partial charge on any atom is 0.410 e. The molecule has 0 aromatic heterocycles. The first-order valence-corrected chi connectivity index (χ1v) is 17.4. The molecule has 0 saturated carbocycles. The Morgan fingerprint density at radius 3 is 2.29 bits per heavy atom. The zero-order valence-corrected chi connectivity index (χ0v) is 28.3. The van der Waals surface area contributed by atoms with Gasteiger partial charge < -0.3 is 34.2 Å². The van der Waals surface area contributed by atoms with E-state index < -0.39 is 12.2 Å². The largest absolute Gasteiger partial charge is 0.436 e. The van der Waals surface area contributed by atoms with Crippen molar-refractivity contribution >= 4 is 53.4 Å². The zero-order chi connectivity index (χ0) is 33.6. The van der Waals surface area contributed by atoms with E-state index in [-0.39, 0.29) is 46.7 Å². The summed E-state index contributed by atoms with van der Waals surface area (Å²) >= 11 is 12.7. The molecule has 1 atom stereocenters. The predicted molar refractivity (Wildman–Crippen MR) is 180 cm³/mol. The van der Waals surface area contributed by atoms with Crippen LogP contribution < -0.4 is 10.1 Å². The number of hydrogen-bond donors (Lipinski definition) is 1. The van der Waals surface area contributed by atoms with Crippen molar-refractivity contribution in [1.29, 1.82) is 0 Å². The lowest BCUT2D eigenvalue weighted by atomic mass is 10.0. The van der Waals surface area contributed by atoms with Gasteiger partial charge >= 0.3 is 12.1 Å². The fourth-order valence-corrected chi connectivity index (χ4v) is 7.76. The summed E-state index contributed by atoms with van der Waals surface area (Å²) in [7, 11) is 0. The van der Waals surface area contributed by atoms with E-state index in [9.17, 15) is 19.2 Å². The van der Waals surface area contributed by atoms with Crippen LogP contribution in [0.1, 0.15) is 36.8 Å². The van der Waals surface area contributed by atoms with Crippen LogP contribution in [-0.2, 0) is 31.9 Å². The number of para-hydroxylation sites is 1. The first kappa shape index (κ1) is 34.3. The molecule has 4 aliphatic heterocycles. The Labute approximate surface area is 290 Å². The van der Waals surface area contributed by atoms with Crippen LogP contribution in [0.2, 0.25) is 10.0 Å². The number of nitrogens with one attached hydrogen (secondary N) is 1. The number of hydrogen-bond acceptors (Lipinski definition) is 8. The summed E-state index contributed by atoms with van der Waals surface area (Å²) in [6.45, 7) is 5.61. The lowest BCUT2D eigenvalue weighted by molar-refractivity contribution is -0.143. The average molecular weight is 703 g/mol. The number of likely N-dealkylation sites (tertiary alicyclic amines) is 1. The molecule has 12 nitrogen and oxygen atoms in total. The summed E-state index contributed by atoms with van der Waals surface area (Å²) < 4.78 is 16.4. The van der Waals surface area contributed by atoms with Gasteiger partial charge in [-0.3, -0.25) is 14.5 Å². The van der Waals surface area contributed by atoms with Gasteiger partial charge in [-0.25, -0.2) is 9.59 Å². The van der Waals surface area contributed by atoms with Crippen LogP contribution in [0.25, 0.3) is 0 Å². The number of nitrogens with zero attached hydrogens (tertiary/aromatic N) is 4. The van der Waals surface area contributed by atoms with E-state index in [1.54, 1.807) is 21.9 Å². The van der Waals surface area contributed by atoms with Crippen molar-refractivity contribution in [3.8, 4) is 5.75 Å². The summed E-state index contributed by atoms with van der Waals surface area (Å²) in [5.41, 5.74) is 2.49. The molecule has 0 radical (unpaired) electrons. The number of rotatable bonds is 8. The third-order valence-corrected chi connectivity index (χ3v) is 10.4. The number of benzene rings is 2. The molecule has 0 aliphatic carbocycles. The van der Waals surface area contributed by atoms with Crippen LogP contribution in [0.15, 0.2) is 36.4 Å². The Bertz CT molecular complexity index is 1470. The summed E-state index contributed by atoms with van der Waals surface area (Å²) in [6, 6.07) is 11.2. The maximum atomic E-state index is 14.0. The molecule has 2 aromatic carbocycles. The zero-order valence-electron chi connectivity index (χ0n) is 26.8. The van der Waals surface area contributed by atoms with Crippen LogP contribution in [-0.4, -0.2) is 121 Å². The lowest BCUT2D eigenvalue weighted by Crippen LogP contribution is -2.56. The summed E-state index contributed by atoms with van der Waals surface area (Å²) in [4.78, 5) is 59.1. The third-order valence-electron chi connectivity index (χ3n) is 9.80. The molecule has 0 unspecified atom stereocenters.